The lowest BCUT2D eigenvalue weighted by atomic mass is 10.2. The Morgan fingerprint density at radius 1 is 1.67 bits per heavy atom. The van der Waals surface area contributed by atoms with Gasteiger partial charge in [0.25, 0.3) is 0 Å². The molecule has 0 aromatic heterocycles. The third-order valence-electron chi connectivity index (χ3n) is 2.16. The smallest absolute Gasteiger partial charge is 0.331 e. The molecule has 1 N–H and O–H groups in total. The molecule has 0 spiro atoms. The lowest BCUT2D eigenvalue weighted by Gasteiger charge is -2.16. The summed E-state index contributed by atoms with van der Waals surface area (Å²) >= 11 is 0. The van der Waals surface area contributed by atoms with E-state index in [-0.39, 0.29) is 5.66 Å². The highest BCUT2D eigenvalue weighted by atomic mass is 31.2. The normalized spacial score (nSPS) is 23.8. The maximum absolute atomic E-state index is 11.6. The highest BCUT2D eigenvalue weighted by Gasteiger charge is 2.33. The van der Waals surface area contributed by atoms with Crippen LogP contribution in [0.15, 0.2) is 11.6 Å². The minimum atomic E-state index is -2.27. The van der Waals surface area contributed by atoms with Crippen LogP contribution in [0.3, 0.4) is 0 Å². The van der Waals surface area contributed by atoms with Crippen LogP contribution in [-0.4, -0.2) is 30.1 Å². The second-order valence-electron chi connectivity index (χ2n) is 3.49. The highest BCUT2D eigenvalue weighted by molar-refractivity contribution is 7.63. The van der Waals surface area contributed by atoms with E-state index < -0.39 is 13.1 Å². The fourth-order valence-corrected chi connectivity index (χ4v) is 3.22. The monoisotopic (exact) mass is 188 g/mol. The third kappa shape index (κ3) is 1.78. The molecular weight excluding hydrogens is 175 g/mol. The van der Waals surface area contributed by atoms with Crippen LogP contribution in [-0.2, 0) is 9.36 Å². The van der Waals surface area contributed by atoms with Crippen LogP contribution in [0.25, 0.3) is 0 Å². The summed E-state index contributed by atoms with van der Waals surface area (Å²) in [6.07, 6.45) is 3.16. The van der Waals surface area contributed by atoms with Gasteiger partial charge < -0.3 is 9.67 Å². The van der Waals surface area contributed by atoms with Crippen molar-refractivity contribution in [3.8, 4) is 0 Å². The van der Waals surface area contributed by atoms with Gasteiger partial charge in [-0.15, -0.1) is 0 Å². The maximum atomic E-state index is 11.6. The first-order valence-corrected chi connectivity index (χ1v) is 6.58. The molecular formula is C8H13O3P. The van der Waals surface area contributed by atoms with E-state index in [9.17, 15) is 9.36 Å². The Labute approximate surface area is 71.8 Å². The Hall–Kier alpha value is -0.560. The molecule has 68 valence electrons. The van der Waals surface area contributed by atoms with E-state index in [0.717, 1.165) is 12.8 Å². The number of carboxylic acids is 1. The predicted molar refractivity (Wildman–Crippen MR) is 48.2 cm³/mol. The molecule has 0 fully saturated rings. The third-order valence-corrected chi connectivity index (χ3v) is 4.20. The van der Waals surface area contributed by atoms with Crippen molar-refractivity contribution in [2.24, 2.45) is 0 Å². The molecule has 3 nitrogen and oxygen atoms in total. The zero-order valence-corrected chi connectivity index (χ0v) is 8.17. The lowest BCUT2D eigenvalue weighted by Crippen LogP contribution is -2.13. The van der Waals surface area contributed by atoms with Crippen molar-refractivity contribution in [3.63, 3.8) is 0 Å². The number of aliphatic carboxylic acids is 1. The number of rotatable bonds is 2. The molecule has 0 aromatic rings. The molecule has 1 rings (SSSR count). The average Bonchev–Trinajstić information content (AvgIpc) is 2.30. The van der Waals surface area contributed by atoms with Crippen molar-refractivity contribution in [2.45, 2.75) is 18.5 Å². The fourth-order valence-electron chi connectivity index (χ4n) is 1.56. The van der Waals surface area contributed by atoms with Gasteiger partial charge in [0.1, 0.15) is 0 Å². The maximum Gasteiger partial charge on any atom is 0.331 e. The first-order chi connectivity index (χ1) is 5.43. The number of hydrogen-bond acceptors (Lipinski definition) is 2. The Bertz CT molecular complexity index is 274. The summed E-state index contributed by atoms with van der Waals surface area (Å²) in [6, 6.07) is 0. The van der Waals surface area contributed by atoms with Crippen LogP contribution in [0.5, 0.6) is 0 Å². The van der Waals surface area contributed by atoms with E-state index in [4.69, 9.17) is 5.11 Å². The molecule has 0 saturated heterocycles. The van der Waals surface area contributed by atoms with Gasteiger partial charge in [-0.2, -0.15) is 0 Å². The highest BCUT2D eigenvalue weighted by Crippen LogP contribution is 2.50. The van der Waals surface area contributed by atoms with Crippen LogP contribution in [0.2, 0.25) is 0 Å². The minimum Gasteiger partial charge on any atom is -0.478 e. The van der Waals surface area contributed by atoms with Gasteiger partial charge in [-0.1, -0.05) is 6.08 Å². The minimum absolute atomic E-state index is 0.213. The van der Waals surface area contributed by atoms with Crippen LogP contribution in [0.1, 0.15) is 12.8 Å². The second kappa shape index (κ2) is 3.06. The van der Waals surface area contributed by atoms with Crippen molar-refractivity contribution in [3.05, 3.63) is 11.6 Å². The molecule has 0 amide bonds. The van der Waals surface area contributed by atoms with E-state index in [1.54, 1.807) is 19.4 Å². The molecule has 0 heterocycles. The standard InChI is InChI=1S/C8H13O3P/c1-12(2,11)7-5-3-4-6(7)8(9)10/h4,7H,3,5H2,1-2H3,(H,9,10). The molecule has 0 aliphatic heterocycles. The Balaban J connectivity index is 2.90. The molecule has 1 aliphatic rings. The van der Waals surface area contributed by atoms with Gasteiger partial charge >= 0.3 is 5.97 Å². The van der Waals surface area contributed by atoms with Crippen molar-refractivity contribution >= 4 is 13.1 Å². The average molecular weight is 188 g/mol. The van der Waals surface area contributed by atoms with Crippen LogP contribution in [0, 0.1) is 0 Å². The molecule has 1 unspecified atom stereocenters. The topological polar surface area (TPSA) is 54.4 Å². The number of carboxylic acid groups (broad SMARTS) is 1. The van der Waals surface area contributed by atoms with Crippen molar-refractivity contribution in [1.82, 2.24) is 0 Å². The number of carbonyl (C=O) groups is 1. The number of allylic oxidation sites excluding steroid dienone is 1. The largest absolute Gasteiger partial charge is 0.478 e. The van der Waals surface area contributed by atoms with Gasteiger partial charge in [0, 0.05) is 11.2 Å². The molecule has 0 radical (unpaired) electrons. The zero-order chi connectivity index (χ0) is 9.35. The number of hydrogen-bond donors (Lipinski definition) is 1. The van der Waals surface area contributed by atoms with Crippen LogP contribution < -0.4 is 0 Å². The molecule has 0 saturated carbocycles. The first-order valence-electron chi connectivity index (χ1n) is 3.91. The summed E-state index contributed by atoms with van der Waals surface area (Å²) in [4.78, 5) is 10.7. The Morgan fingerprint density at radius 2 is 2.25 bits per heavy atom. The van der Waals surface area contributed by atoms with E-state index in [1.165, 1.54) is 0 Å². The summed E-state index contributed by atoms with van der Waals surface area (Å²) in [6.45, 7) is 3.31. The van der Waals surface area contributed by atoms with E-state index in [2.05, 4.69) is 0 Å². The van der Waals surface area contributed by atoms with E-state index in [1.807, 2.05) is 0 Å². The molecule has 1 aliphatic carbocycles. The summed E-state index contributed by atoms with van der Waals surface area (Å²) in [7, 11) is -2.27. The lowest BCUT2D eigenvalue weighted by molar-refractivity contribution is -0.132. The zero-order valence-electron chi connectivity index (χ0n) is 7.28. The van der Waals surface area contributed by atoms with Gasteiger partial charge in [-0.3, -0.25) is 0 Å². The Morgan fingerprint density at radius 3 is 2.58 bits per heavy atom. The molecule has 12 heavy (non-hydrogen) atoms. The SMILES string of the molecule is CP(C)(=O)C1CCC=C1C(=O)O. The van der Waals surface area contributed by atoms with E-state index in [0.29, 0.717) is 5.57 Å². The van der Waals surface area contributed by atoms with Gasteiger partial charge in [-0.05, 0) is 26.2 Å². The van der Waals surface area contributed by atoms with Gasteiger partial charge in [0.15, 0.2) is 0 Å². The summed E-state index contributed by atoms with van der Waals surface area (Å²) < 4.78 is 11.6. The Kier molecular flexibility index (Phi) is 2.43. The van der Waals surface area contributed by atoms with Gasteiger partial charge in [0.2, 0.25) is 0 Å². The second-order valence-corrected chi connectivity index (χ2v) is 6.98. The fraction of sp³-hybridized carbons (Fsp3) is 0.625. The summed E-state index contributed by atoms with van der Waals surface area (Å²) in [5.74, 6) is -0.915. The van der Waals surface area contributed by atoms with Gasteiger partial charge in [-0.25, -0.2) is 4.79 Å². The molecule has 0 bridgehead atoms. The summed E-state index contributed by atoms with van der Waals surface area (Å²) in [5.41, 5.74) is 0.137. The van der Waals surface area contributed by atoms with Gasteiger partial charge in [0.05, 0.1) is 7.14 Å². The molecule has 4 heteroatoms. The van der Waals surface area contributed by atoms with Crippen molar-refractivity contribution in [1.29, 1.82) is 0 Å². The predicted octanol–water partition coefficient (Wildman–Crippen LogP) is 1.78. The molecule has 0 aromatic carbocycles. The van der Waals surface area contributed by atoms with E-state index >= 15 is 0 Å². The quantitative estimate of drug-likeness (QED) is 0.672. The van der Waals surface area contributed by atoms with Crippen LogP contribution in [0.4, 0.5) is 0 Å². The molecule has 1 atom stereocenters. The van der Waals surface area contributed by atoms with Crippen molar-refractivity contribution < 1.29 is 14.5 Å². The first kappa shape index (κ1) is 9.53. The van der Waals surface area contributed by atoms with Crippen LogP contribution >= 0.6 is 7.14 Å². The summed E-state index contributed by atoms with van der Waals surface area (Å²) in [5, 5.41) is 8.76. The van der Waals surface area contributed by atoms with Crippen molar-refractivity contribution in [2.75, 3.05) is 13.3 Å².